The molecule has 11 aliphatic rings. The molecule has 2 aromatic rings. The van der Waals surface area contributed by atoms with Gasteiger partial charge in [0.2, 0.25) is 29.2 Å². The van der Waals surface area contributed by atoms with E-state index in [1.54, 1.807) is 27.0 Å². The summed E-state index contributed by atoms with van der Waals surface area (Å²) in [5.41, 5.74) is -0.876. The van der Waals surface area contributed by atoms with E-state index in [2.05, 4.69) is 67.4 Å². The smallest absolute Gasteiger partial charge is 0.857 e. The summed E-state index contributed by atoms with van der Waals surface area (Å²) < 4.78 is 115. The van der Waals surface area contributed by atoms with E-state index < -0.39 is 56.7 Å². The summed E-state index contributed by atoms with van der Waals surface area (Å²) >= 11 is 0. The molecule has 11 atom stereocenters. The van der Waals surface area contributed by atoms with E-state index in [0.29, 0.717) is 81.4 Å². The van der Waals surface area contributed by atoms with E-state index in [9.17, 15) is 50.6 Å². The van der Waals surface area contributed by atoms with E-state index in [1.807, 2.05) is 47.7 Å². The van der Waals surface area contributed by atoms with E-state index >= 15 is 0 Å². The minimum atomic E-state index is -2.69. The van der Waals surface area contributed by atoms with Gasteiger partial charge in [-0.25, -0.2) is 43.7 Å². The van der Waals surface area contributed by atoms with Gasteiger partial charge in [-0.3, -0.25) is 14.4 Å². The number of aliphatic hydroxyl groups excluding tert-OH is 1. The second-order valence-corrected chi connectivity index (χ2v) is 33.8. The Morgan fingerprint density at radius 3 is 1.49 bits per heavy atom. The summed E-state index contributed by atoms with van der Waals surface area (Å²) in [5.74, 6) is -1.70. The summed E-state index contributed by atoms with van der Waals surface area (Å²) in [7, 11) is 0.750. The van der Waals surface area contributed by atoms with Crippen LogP contribution in [0.4, 0.5) is 26.3 Å². The predicted octanol–water partition coefficient (Wildman–Crippen LogP) is 14.0. The van der Waals surface area contributed by atoms with Gasteiger partial charge < -0.3 is 43.6 Å². The van der Waals surface area contributed by atoms with Crippen molar-refractivity contribution in [1.82, 2.24) is 10.3 Å². The van der Waals surface area contributed by atoms with Gasteiger partial charge >= 0.3 is 29.6 Å². The molecule has 7 saturated carbocycles. The molecule has 1 spiro atoms. The molecule has 0 radical (unpaired) electrons. The minimum Gasteiger partial charge on any atom is -0.857 e. The maximum Gasteiger partial charge on any atom is 1.00 e. The number of hydrogen-bond donors (Lipinski definition) is 3. The number of rotatable bonds is 0. The monoisotopic (exact) mass is 1420 g/mol. The Morgan fingerprint density at radius 1 is 0.582 bits per heavy atom. The molecule has 4 N–H and O–H groups in total. The van der Waals surface area contributed by atoms with Crippen molar-refractivity contribution >= 4 is 35.5 Å². The Balaban J connectivity index is 0.000000317. The van der Waals surface area contributed by atoms with Gasteiger partial charge in [0, 0.05) is 117 Å². The Kier molecular flexibility index (Phi) is 26.3. The number of aliphatic hydroxyl groups is 1. The van der Waals surface area contributed by atoms with Crippen molar-refractivity contribution < 1.29 is 112 Å². The SMILES string of the molecule is C.CC1(C)C(=O)/C(=C\O)C[C@]2(C)CC3(CC[C@@H]12)OCCO3.CC1(C)c2oncc2C[C@]2(C)CC(=O)CC[C@@H]12.CC1(C)c2oncc2C[C@]2(C)CC(F)(F)CC[C@@H]12.C[O-].Cl.NO.[2H][2H].[C-]#[N+]C1=C[C@]2(C)CC(F)(F)CC[C@H]2C(C)(C)C1=O.[C-]#[N+]C1C[C@]2(C)CC(F)(F)CC[C@H]2C(C)(C)C1=O.[Na+]. The molecule has 13 rings (SSSR count). The third-order valence-electron chi connectivity index (χ3n) is 24.9. The molecule has 1 aliphatic heterocycles. The average Bonchev–Trinajstić information content (AvgIpc) is 1.10. The second-order valence-electron chi connectivity index (χ2n) is 33.8. The van der Waals surface area contributed by atoms with E-state index in [1.165, 1.54) is 11.6 Å². The van der Waals surface area contributed by atoms with Crippen LogP contribution in [0.2, 0.25) is 0 Å². The third kappa shape index (κ3) is 16.3. The standard InChI is InChI=1S/C16H24O4.2C14H19F2NO.C14H17F2NO.C14H19NO2.CH3O.CH4.ClH.H3NO.Na.H2/c1-14(2)12-4-5-16(19-6-7-20-16)10-15(12,3)8-11(9-17)13(14)18;1-12(2)10-4-5-14(15,16)8-13(10,3)6-9-7-17-18-11(9)12;2*1-12(2)10-5-6-14(15,16)8-13(10,3)7-9(17-4)11(12)18;1-13(2)11-5-4-10(16)7-14(11,3)6-9-8-15-17-12(9)13;1-2;;;1-2;;/h9,12,17H,4-8,10H2,1-3H3;7,10H,4-6,8H2,1-3H3;9-10H,5-8H2,1-3H3;7,10H,5-6,8H2,1-3H3;8,11H,4-7H2,1-3H3;1H3;1H4;1H;2H,1H2;;1H/q;;;;;-1;;;;+1;/b11-9-;;;;;;;;;;/t12-,15+;10-,13+;9?,10-,13+;10-,13+;11-,14+;;;;;;/m00000....../s1/i;;;;;;;;;;1+1D. The van der Waals surface area contributed by atoms with Crippen molar-refractivity contribution in [2.45, 2.75) is 274 Å². The normalized spacial score (nSPS) is 36.0. The summed E-state index contributed by atoms with van der Waals surface area (Å²) in [4.78, 5) is 55.2. The molecular weight excluding hydrogens is 1310 g/mol. The van der Waals surface area contributed by atoms with E-state index in [-0.39, 0.29) is 156 Å². The topological polar surface area (TPSA) is 237 Å². The van der Waals surface area contributed by atoms with Crippen molar-refractivity contribution in [3.63, 3.8) is 0 Å². The van der Waals surface area contributed by atoms with Crippen molar-refractivity contribution in [3.05, 3.63) is 81.5 Å². The number of carbonyl (C=O) groups excluding carboxylic acids is 4. The number of carbonyl (C=O) groups is 4. The number of ether oxygens (including phenoxy) is 2. The zero-order valence-corrected chi connectivity index (χ0v) is 63.1. The third-order valence-corrected chi connectivity index (χ3v) is 24.9. The molecule has 1 saturated heterocycles. The number of allylic oxidation sites excluding steroid dienone is 3. The molecule has 1 unspecified atom stereocenters. The first kappa shape index (κ1) is 84.7. The average molecular weight is 1420 g/mol. The number of nitrogens with zero attached hydrogens (tertiary/aromatic N) is 4. The molecular formula is C74H111ClF6N5NaO11. The number of nitrogens with two attached hydrogens (primary N) is 1. The molecule has 8 fully saturated rings. The number of Topliss-reactive ketones (excluding diaryl/α,β-unsaturated/α-hetero) is 4. The van der Waals surface area contributed by atoms with Crippen LogP contribution >= 0.6 is 12.4 Å². The van der Waals surface area contributed by atoms with Gasteiger partial charge in [0.15, 0.2) is 17.4 Å². The fourth-order valence-corrected chi connectivity index (χ4v) is 21.5. The zero-order valence-electron chi connectivity index (χ0n) is 62.2. The summed E-state index contributed by atoms with van der Waals surface area (Å²) in [6.45, 7) is 45.4. The van der Waals surface area contributed by atoms with Gasteiger partial charge in [0.1, 0.15) is 17.3 Å². The molecule has 16 nitrogen and oxygen atoms in total. The van der Waals surface area contributed by atoms with Crippen LogP contribution in [0.1, 0.15) is 246 Å². The van der Waals surface area contributed by atoms with Gasteiger partial charge in [-0.15, -0.1) is 12.4 Å². The Bertz CT molecular complexity index is 3360. The molecule has 10 aliphatic carbocycles. The quantitative estimate of drug-likeness (QED) is 0.0556. The maximum absolute atomic E-state index is 13.7. The maximum atomic E-state index is 13.7. The Labute approximate surface area is 608 Å². The van der Waals surface area contributed by atoms with Gasteiger partial charge in [0.25, 0.3) is 6.04 Å². The fraction of sp³-hybridized carbons (Fsp3) is 0.784. The van der Waals surface area contributed by atoms with Crippen molar-refractivity contribution in [2.24, 2.45) is 78.8 Å². The number of hydrogen-bond acceptors (Lipinski definition) is 14. The van der Waals surface area contributed by atoms with Crippen LogP contribution in [0.25, 0.3) is 9.69 Å². The number of aromatic nitrogens is 2. The summed E-state index contributed by atoms with van der Waals surface area (Å²) in [6.07, 6.45) is 14.1. The molecule has 0 amide bonds. The van der Waals surface area contributed by atoms with Gasteiger partial charge in [-0.1, -0.05) is 128 Å². The van der Waals surface area contributed by atoms with E-state index in [0.717, 1.165) is 69.0 Å². The van der Waals surface area contributed by atoms with Gasteiger partial charge in [0.05, 0.1) is 38.4 Å². The number of halogens is 7. The molecule has 0 aromatic carbocycles. The van der Waals surface area contributed by atoms with Crippen molar-refractivity contribution in [2.75, 3.05) is 20.3 Å². The second kappa shape index (κ2) is 30.4. The van der Waals surface area contributed by atoms with Crippen LogP contribution in [0.5, 0.6) is 0 Å². The molecule has 548 valence electrons. The zero-order chi connectivity index (χ0) is 73.6. The van der Waals surface area contributed by atoms with Crippen molar-refractivity contribution in [3.8, 4) is 0 Å². The Morgan fingerprint density at radius 2 is 1.00 bits per heavy atom. The van der Waals surface area contributed by atoms with Crippen LogP contribution in [-0.2, 0) is 52.3 Å². The largest absolute Gasteiger partial charge is 1.00 e. The molecule has 2 aromatic heterocycles. The number of fused-ring (bicyclic) bond motifs is 7. The fourth-order valence-electron chi connectivity index (χ4n) is 21.5. The molecule has 98 heavy (non-hydrogen) atoms. The molecule has 0 bridgehead atoms. The summed E-state index contributed by atoms with van der Waals surface area (Å²) in [5, 5.41) is 32.0. The number of alkyl halides is 6. The van der Waals surface area contributed by atoms with Crippen LogP contribution in [0.15, 0.2) is 45.0 Å². The van der Waals surface area contributed by atoms with Gasteiger partial charge in [-0.2, -0.15) is 7.11 Å². The van der Waals surface area contributed by atoms with Gasteiger partial charge in [-0.05, 0) is 108 Å². The van der Waals surface area contributed by atoms with Crippen LogP contribution in [-0.4, -0.2) is 93.7 Å². The van der Waals surface area contributed by atoms with Crippen LogP contribution in [0.3, 0.4) is 0 Å². The number of ketones is 4. The molecule has 3 heterocycles. The van der Waals surface area contributed by atoms with Crippen molar-refractivity contribution in [1.29, 1.82) is 0 Å². The first-order valence-electron chi connectivity index (χ1n) is 34.7. The van der Waals surface area contributed by atoms with Crippen LogP contribution in [0, 0.1) is 86.1 Å². The van der Waals surface area contributed by atoms with Crippen LogP contribution < -0.4 is 40.6 Å². The first-order valence-corrected chi connectivity index (χ1v) is 33.7. The summed E-state index contributed by atoms with van der Waals surface area (Å²) in [6, 6.07) is -0.741. The van der Waals surface area contributed by atoms with E-state index in [4.69, 9.17) is 44.9 Å². The first-order chi connectivity index (χ1) is 44.8. The Hall–Kier alpha value is -3.97. The molecule has 24 heteroatoms. The predicted molar refractivity (Wildman–Crippen MR) is 358 cm³/mol. The minimum absolute atomic E-state index is 0.